The zero-order valence-corrected chi connectivity index (χ0v) is 10.3. The second-order valence-corrected chi connectivity index (χ2v) is 4.72. The average Bonchev–Trinajstić information content (AvgIpc) is 2.14. The van der Waals surface area contributed by atoms with Crippen LogP contribution in [0.1, 0.15) is 25.3 Å². The number of hydrogen-bond donors (Lipinski definition) is 1. The maximum Gasteiger partial charge on any atom is 0.389 e. The molecule has 90 valence electrons. The summed E-state index contributed by atoms with van der Waals surface area (Å²) in [5.74, 6) is 0. The van der Waals surface area contributed by atoms with Gasteiger partial charge in [0.15, 0.2) is 0 Å². The van der Waals surface area contributed by atoms with E-state index in [-0.39, 0.29) is 6.42 Å². The number of aliphatic hydroxyl groups is 1. The summed E-state index contributed by atoms with van der Waals surface area (Å²) < 4.78 is 36.9. The van der Waals surface area contributed by atoms with Crippen molar-refractivity contribution >= 4 is 15.9 Å². The topological polar surface area (TPSA) is 20.2 Å². The van der Waals surface area contributed by atoms with Crippen molar-refractivity contribution in [3.8, 4) is 0 Å². The van der Waals surface area contributed by atoms with Crippen molar-refractivity contribution in [2.75, 3.05) is 0 Å². The predicted molar refractivity (Wildman–Crippen MR) is 59.0 cm³/mol. The first kappa shape index (κ1) is 13.5. The number of hydrogen-bond acceptors (Lipinski definition) is 1. The smallest absolute Gasteiger partial charge is 0.385 e. The van der Waals surface area contributed by atoms with Crippen LogP contribution in [0.3, 0.4) is 0 Å². The summed E-state index contributed by atoms with van der Waals surface area (Å²) in [6.45, 7) is 1.39. The van der Waals surface area contributed by atoms with Crippen molar-refractivity contribution in [1.29, 1.82) is 0 Å². The van der Waals surface area contributed by atoms with Gasteiger partial charge in [0.1, 0.15) is 0 Å². The Labute approximate surface area is 100 Å². The van der Waals surface area contributed by atoms with Crippen molar-refractivity contribution in [3.05, 3.63) is 34.3 Å². The van der Waals surface area contributed by atoms with Crippen LogP contribution in [0.4, 0.5) is 13.2 Å². The molecule has 0 aromatic heterocycles. The van der Waals surface area contributed by atoms with E-state index in [1.165, 1.54) is 6.92 Å². The number of rotatable bonds is 3. The van der Waals surface area contributed by atoms with Crippen LogP contribution in [0.25, 0.3) is 0 Å². The van der Waals surface area contributed by atoms with Crippen LogP contribution in [0.2, 0.25) is 0 Å². The van der Waals surface area contributed by atoms with E-state index in [4.69, 9.17) is 0 Å². The Morgan fingerprint density at radius 2 is 1.75 bits per heavy atom. The first-order valence-electron chi connectivity index (χ1n) is 4.76. The van der Waals surface area contributed by atoms with Gasteiger partial charge < -0.3 is 5.11 Å². The van der Waals surface area contributed by atoms with Crippen LogP contribution in [0, 0.1) is 0 Å². The van der Waals surface area contributed by atoms with Crippen LogP contribution in [0.15, 0.2) is 28.7 Å². The zero-order valence-electron chi connectivity index (χ0n) is 8.68. The highest BCUT2D eigenvalue weighted by Gasteiger charge is 2.33. The summed E-state index contributed by atoms with van der Waals surface area (Å²) in [6, 6.07) is 6.73. The predicted octanol–water partition coefficient (Wildman–Crippen LogP) is 4.00. The molecule has 0 saturated heterocycles. The van der Waals surface area contributed by atoms with Crippen molar-refractivity contribution in [2.45, 2.75) is 31.5 Å². The Balaban J connectivity index is 2.82. The molecule has 0 radical (unpaired) electrons. The van der Waals surface area contributed by atoms with Crippen LogP contribution in [-0.2, 0) is 5.60 Å². The SMILES string of the molecule is CC(O)(CCC(F)(F)F)c1ccccc1Br. The number of halogens is 4. The molecule has 16 heavy (non-hydrogen) atoms. The van der Waals surface area contributed by atoms with Gasteiger partial charge in [-0.25, -0.2) is 0 Å². The summed E-state index contributed by atoms with van der Waals surface area (Å²) in [5, 5.41) is 10.00. The van der Waals surface area contributed by atoms with Gasteiger partial charge in [0.05, 0.1) is 5.60 Å². The van der Waals surface area contributed by atoms with Crippen LogP contribution < -0.4 is 0 Å². The van der Waals surface area contributed by atoms with Gasteiger partial charge in [0, 0.05) is 10.9 Å². The van der Waals surface area contributed by atoms with Crippen molar-refractivity contribution in [3.63, 3.8) is 0 Å². The van der Waals surface area contributed by atoms with Crippen LogP contribution in [0.5, 0.6) is 0 Å². The highest BCUT2D eigenvalue weighted by molar-refractivity contribution is 9.10. The quantitative estimate of drug-likeness (QED) is 0.894. The molecular formula is C11H12BrF3O. The maximum atomic E-state index is 12.1. The van der Waals surface area contributed by atoms with Crippen LogP contribution >= 0.6 is 15.9 Å². The van der Waals surface area contributed by atoms with E-state index in [0.717, 1.165) is 0 Å². The minimum atomic E-state index is -4.24. The van der Waals surface area contributed by atoms with Crippen molar-refractivity contribution < 1.29 is 18.3 Å². The summed E-state index contributed by atoms with van der Waals surface area (Å²) >= 11 is 3.21. The first-order valence-corrected chi connectivity index (χ1v) is 5.56. The molecule has 0 saturated carbocycles. The first-order chi connectivity index (χ1) is 7.22. The normalized spacial score (nSPS) is 15.9. The molecule has 1 aromatic carbocycles. The van der Waals surface area contributed by atoms with E-state index < -0.39 is 18.2 Å². The largest absolute Gasteiger partial charge is 0.389 e. The van der Waals surface area contributed by atoms with Crippen molar-refractivity contribution in [2.24, 2.45) is 0 Å². The summed E-state index contributed by atoms with van der Waals surface area (Å²) in [5.41, 5.74) is -1.01. The lowest BCUT2D eigenvalue weighted by atomic mass is 9.91. The van der Waals surface area contributed by atoms with E-state index in [2.05, 4.69) is 15.9 Å². The molecule has 1 aromatic rings. The molecule has 0 amide bonds. The Morgan fingerprint density at radius 3 is 2.25 bits per heavy atom. The molecule has 0 aliphatic heterocycles. The lowest BCUT2D eigenvalue weighted by Crippen LogP contribution is -2.24. The summed E-state index contributed by atoms with van der Waals surface area (Å²) in [7, 11) is 0. The van der Waals surface area contributed by atoms with Gasteiger partial charge in [-0.1, -0.05) is 34.1 Å². The Kier molecular flexibility index (Phi) is 4.02. The van der Waals surface area contributed by atoms with Gasteiger partial charge >= 0.3 is 6.18 Å². The van der Waals surface area contributed by atoms with Gasteiger partial charge in [0.25, 0.3) is 0 Å². The monoisotopic (exact) mass is 296 g/mol. The zero-order chi connectivity index (χ0) is 12.4. The number of alkyl halides is 3. The fourth-order valence-corrected chi connectivity index (χ4v) is 2.13. The minimum absolute atomic E-state index is 0.348. The van der Waals surface area contributed by atoms with Gasteiger partial charge in [0.2, 0.25) is 0 Å². The maximum absolute atomic E-state index is 12.1. The van der Waals surface area contributed by atoms with E-state index in [1.54, 1.807) is 24.3 Å². The van der Waals surface area contributed by atoms with Gasteiger partial charge in [-0.2, -0.15) is 13.2 Å². The van der Waals surface area contributed by atoms with E-state index in [9.17, 15) is 18.3 Å². The highest BCUT2D eigenvalue weighted by atomic mass is 79.9. The molecule has 0 bridgehead atoms. The Bertz CT molecular complexity index is 360. The minimum Gasteiger partial charge on any atom is -0.385 e. The van der Waals surface area contributed by atoms with Gasteiger partial charge in [-0.3, -0.25) is 0 Å². The highest BCUT2D eigenvalue weighted by Crippen LogP contribution is 2.35. The van der Waals surface area contributed by atoms with E-state index in [0.29, 0.717) is 10.0 Å². The third kappa shape index (κ3) is 3.79. The molecule has 0 heterocycles. The standard InChI is InChI=1S/C11H12BrF3O/c1-10(16,6-7-11(13,14)15)8-4-2-3-5-9(8)12/h2-5,16H,6-7H2,1H3. The molecule has 0 aliphatic rings. The molecule has 0 spiro atoms. The van der Waals surface area contributed by atoms with Crippen molar-refractivity contribution in [1.82, 2.24) is 0 Å². The fraction of sp³-hybridized carbons (Fsp3) is 0.455. The lowest BCUT2D eigenvalue weighted by Gasteiger charge is -2.25. The lowest BCUT2D eigenvalue weighted by molar-refractivity contribution is -0.146. The molecule has 1 rings (SSSR count). The Morgan fingerprint density at radius 1 is 1.19 bits per heavy atom. The third-order valence-corrected chi connectivity index (χ3v) is 3.04. The molecular weight excluding hydrogens is 285 g/mol. The van der Waals surface area contributed by atoms with Crippen LogP contribution in [-0.4, -0.2) is 11.3 Å². The van der Waals surface area contributed by atoms with E-state index in [1.807, 2.05) is 0 Å². The third-order valence-electron chi connectivity index (χ3n) is 2.35. The second-order valence-electron chi connectivity index (χ2n) is 3.87. The summed E-state index contributed by atoms with van der Waals surface area (Å²) in [4.78, 5) is 0. The molecule has 0 aliphatic carbocycles. The molecule has 1 unspecified atom stereocenters. The molecule has 5 heteroatoms. The molecule has 1 atom stereocenters. The molecule has 1 N–H and O–H groups in total. The second kappa shape index (κ2) is 4.75. The molecule has 1 nitrogen and oxygen atoms in total. The fourth-order valence-electron chi connectivity index (χ4n) is 1.42. The molecule has 0 fully saturated rings. The van der Waals surface area contributed by atoms with E-state index >= 15 is 0 Å². The van der Waals surface area contributed by atoms with Gasteiger partial charge in [-0.15, -0.1) is 0 Å². The number of benzene rings is 1. The average molecular weight is 297 g/mol. The summed E-state index contributed by atoms with van der Waals surface area (Å²) in [6.07, 6.45) is -5.59. The van der Waals surface area contributed by atoms with Gasteiger partial charge in [-0.05, 0) is 25.0 Å². The Hall–Kier alpha value is -0.550.